The van der Waals surface area contributed by atoms with Gasteiger partial charge in [-0.25, -0.2) is 0 Å². The molecule has 1 N–H and O–H groups in total. The summed E-state index contributed by atoms with van der Waals surface area (Å²) in [4.78, 5) is 4.45. The van der Waals surface area contributed by atoms with E-state index in [4.69, 9.17) is 15.9 Å². The van der Waals surface area contributed by atoms with Gasteiger partial charge in [-0.2, -0.15) is 0 Å². The van der Waals surface area contributed by atoms with Crippen LogP contribution in [0.3, 0.4) is 0 Å². The molecule has 2 atom stereocenters. The summed E-state index contributed by atoms with van der Waals surface area (Å²) in [5, 5.41) is 3.48. The number of allylic oxidation sites excluding steroid dienone is 4. The number of hydrogen-bond acceptors (Lipinski definition) is 4. The molecule has 4 heteroatoms. The number of pyridine rings is 1. The van der Waals surface area contributed by atoms with Crippen molar-refractivity contribution in [2.75, 3.05) is 19.0 Å². The average molecular weight is 591 g/mol. The van der Waals surface area contributed by atoms with Gasteiger partial charge in [0, 0.05) is 32.2 Å². The molecule has 232 valence electrons. The van der Waals surface area contributed by atoms with Crippen molar-refractivity contribution in [3.63, 3.8) is 0 Å². The maximum Gasteiger partial charge on any atom is 0.147 e. The highest BCUT2D eigenvalue weighted by Gasteiger charge is 2.36. The fourth-order valence-corrected chi connectivity index (χ4v) is 5.15. The molecule has 44 heavy (non-hydrogen) atoms. The van der Waals surface area contributed by atoms with Crippen molar-refractivity contribution >= 4 is 11.3 Å². The molecule has 5 rings (SSSR count). The Morgan fingerprint density at radius 3 is 2.45 bits per heavy atom. The fraction of sp³-hybridized carbons (Fsp3) is 0.275. The summed E-state index contributed by atoms with van der Waals surface area (Å²) in [5.74, 6) is 3.53. The van der Waals surface area contributed by atoms with E-state index in [0.29, 0.717) is 6.61 Å². The number of methoxy groups -OCH3 is 1. The first-order valence-electron chi connectivity index (χ1n) is 15.5. The summed E-state index contributed by atoms with van der Waals surface area (Å²) in [7, 11) is 1.69. The fourth-order valence-electron chi connectivity index (χ4n) is 5.15. The molecule has 0 saturated heterocycles. The molecule has 2 aliphatic rings. The number of ether oxygens (including phenoxy) is 2. The van der Waals surface area contributed by atoms with Crippen molar-refractivity contribution < 1.29 is 10.9 Å². The van der Waals surface area contributed by atoms with E-state index in [1.54, 1.807) is 19.4 Å². The van der Waals surface area contributed by atoms with Gasteiger partial charge in [0.15, 0.2) is 0 Å². The summed E-state index contributed by atoms with van der Waals surface area (Å²) in [6.45, 7) is 22.9. The summed E-state index contributed by atoms with van der Waals surface area (Å²) in [5.41, 5.74) is 7.99. The summed E-state index contributed by atoms with van der Waals surface area (Å²) in [6.07, 6.45) is 17.2. The lowest BCUT2D eigenvalue weighted by atomic mass is 9.68. The van der Waals surface area contributed by atoms with Crippen LogP contribution in [0.15, 0.2) is 121 Å². The molecule has 0 radical (unpaired) electrons. The van der Waals surface area contributed by atoms with Crippen molar-refractivity contribution in [2.45, 2.75) is 60.1 Å². The van der Waals surface area contributed by atoms with Gasteiger partial charge in [-0.15, -0.1) is 13.0 Å². The van der Waals surface area contributed by atoms with Gasteiger partial charge in [0.05, 0.1) is 5.41 Å². The molecule has 2 unspecified atom stereocenters. The van der Waals surface area contributed by atoms with Gasteiger partial charge in [0.25, 0.3) is 0 Å². The molecule has 3 aromatic rings. The number of anilines is 1. The van der Waals surface area contributed by atoms with E-state index < -0.39 is 5.41 Å². The maximum absolute atomic E-state index is 6.30. The number of terminal acetylenes is 1. The van der Waals surface area contributed by atoms with Gasteiger partial charge in [0.2, 0.25) is 0 Å². The van der Waals surface area contributed by atoms with Crippen LogP contribution in [-0.4, -0.2) is 24.9 Å². The molecule has 4 nitrogen and oxygen atoms in total. The second-order valence-electron chi connectivity index (χ2n) is 9.43. The molecule has 0 amide bonds. The van der Waals surface area contributed by atoms with Gasteiger partial charge in [-0.3, -0.25) is 4.98 Å². The molecule has 2 aromatic carbocycles. The highest BCUT2D eigenvalue weighted by atomic mass is 16.5. The van der Waals surface area contributed by atoms with E-state index in [0.717, 1.165) is 56.0 Å². The van der Waals surface area contributed by atoms with Crippen molar-refractivity contribution in [3.05, 3.63) is 143 Å². The molecule has 0 aliphatic carbocycles. The second kappa shape index (κ2) is 17.5. The Bertz CT molecular complexity index is 1550. The first-order valence-corrected chi connectivity index (χ1v) is 15.5. The molecule has 0 spiro atoms. The van der Waals surface area contributed by atoms with Crippen LogP contribution >= 0.6 is 0 Å². The van der Waals surface area contributed by atoms with E-state index >= 15 is 0 Å². The molecule has 3 heterocycles. The lowest BCUT2D eigenvalue weighted by Gasteiger charge is -2.35. The van der Waals surface area contributed by atoms with Crippen molar-refractivity contribution in [1.82, 2.24) is 4.98 Å². The van der Waals surface area contributed by atoms with E-state index in [9.17, 15) is 0 Å². The predicted molar refractivity (Wildman–Crippen MR) is 191 cm³/mol. The summed E-state index contributed by atoms with van der Waals surface area (Å²) < 4.78 is 12.0. The van der Waals surface area contributed by atoms with Gasteiger partial charge in [0.1, 0.15) is 18.6 Å². The first kappa shape index (κ1) is 35.6. The van der Waals surface area contributed by atoms with Crippen LogP contribution in [-0.2, 0) is 10.2 Å². The Hall–Kier alpha value is -4.59. The van der Waals surface area contributed by atoms with Crippen molar-refractivity contribution in [1.29, 1.82) is 0 Å². The number of aromatic nitrogens is 1. The largest absolute Gasteiger partial charge is 0.489 e. The van der Waals surface area contributed by atoms with Crippen LogP contribution in [0.2, 0.25) is 0 Å². The molecule has 0 saturated carbocycles. The minimum Gasteiger partial charge on any atom is -0.489 e. The number of rotatable bonds is 4. The first-order chi connectivity index (χ1) is 21.5. The van der Waals surface area contributed by atoms with Crippen LogP contribution in [0.5, 0.6) is 5.75 Å². The quantitative estimate of drug-likeness (QED) is 0.243. The Labute approximate surface area is 267 Å². The zero-order valence-electron chi connectivity index (χ0n) is 27.7. The smallest absolute Gasteiger partial charge is 0.147 e. The molecule has 2 aliphatic heterocycles. The van der Waals surface area contributed by atoms with Gasteiger partial charge in [-0.05, 0) is 88.9 Å². The SMILES string of the molecule is C#C/C=C1\C=C(/C(=C)C)COc2cccc(c2)C2=CC(OC)Nc3ccc(cc32)C1(C=C)c1cccnc1.CC.CC.CC.[HH]. The van der Waals surface area contributed by atoms with E-state index in [-0.39, 0.29) is 7.65 Å². The third-order valence-electron chi connectivity index (χ3n) is 7.17. The maximum atomic E-state index is 6.30. The van der Waals surface area contributed by atoms with Gasteiger partial charge in [-0.1, -0.05) is 90.0 Å². The van der Waals surface area contributed by atoms with E-state index in [1.807, 2.05) is 78.9 Å². The minimum absolute atomic E-state index is 0. The number of fused-ring (bicyclic) bond motifs is 4. The van der Waals surface area contributed by atoms with Crippen LogP contribution in [0, 0.1) is 12.3 Å². The third-order valence-corrected chi connectivity index (χ3v) is 7.17. The summed E-state index contributed by atoms with van der Waals surface area (Å²) >= 11 is 0. The molecule has 0 fully saturated rings. The molecule has 4 bridgehead atoms. The van der Waals surface area contributed by atoms with Crippen molar-refractivity contribution in [2.24, 2.45) is 0 Å². The van der Waals surface area contributed by atoms with Crippen LogP contribution in [0.1, 0.15) is 72.1 Å². The van der Waals surface area contributed by atoms with Crippen LogP contribution in [0.25, 0.3) is 5.57 Å². The lowest BCUT2D eigenvalue weighted by Crippen LogP contribution is -2.29. The monoisotopic (exact) mass is 590 g/mol. The summed E-state index contributed by atoms with van der Waals surface area (Å²) in [6, 6.07) is 18.5. The third kappa shape index (κ3) is 7.48. The van der Waals surface area contributed by atoms with Crippen molar-refractivity contribution in [3.8, 4) is 18.1 Å². The van der Waals surface area contributed by atoms with Gasteiger partial charge >= 0.3 is 0 Å². The number of benzene rings is 2. The average Bonchev–Trinajstić information content (AvgIpc) is 3.09. The molecular formula is C40H50N2O2. The molecular weight excluding hydrogens is 540 g/mol. The Morgan fingerprint density at radius 1 is 1.09 bits per heavy atom. The zero-order chi connectivity index (χ0) is 32.7. The highest BCUT2D eigenvalue weighted by Crippen LogP contribution is 2.45. The lowest BCUT2D eigenvalue weighted by molar-refractivity contribution is 0.162. The number of nitrogens with one attached hydrogen (secondary N) is 1. The second-order valence-corrected chi connectivity index (χ2v) is 9.43. The Kier molecular flexibility index (Phi) is 14.2. The predicted octanol–water partition coefficient (Wildman–Crippen LogP) is 10.2. The minimum atomic E-state index is -0.786. The van der Waals surface area contributed by atoms with Gasteiger partial charge < -0.3 is 14.8 Å². The normalized spacial score (nSPS) is 19.9. The standard InChI is InChI=1S/C34H30N2O2.3C2H6.H2/c1-6-10-26-17-25(23(3)4)22-38-29-13-8-11-24(18-29)30-20-33(37-5)36-32-15-14-27(19-31(30)32)34(26,7-2)28-12-9-16-35-21-28;3*1-2;/h1,7-21,33,36H,2-3,22H2,4-5H3;3*1-2H3;1H/b25-17-,26-10+;;;;. The van der Waals surface area contributed by atoms with Crippen LogP contribution in [0.4, 0.5) is 5.69 Å². The van der Waals surface area contributed by atoms with Crippen LogP contribution < -0.4 is 10.1 Å². The number of hydrogen-bond donors (Lipinski definition) is 1. The van der Waals surface area contributed by atoms with E-state index in [2.05, 4.69) is 77.9 Å². The molecule has 1 aromatic heterocycles. The Morgan fingerprint density at radius 2 is 1.84 bits per heavy atom. The number of nitrogens with zero attached hydrogens (tertiary/aromatic N) is 1. The van der Waals surface area contributed by atoms with E-state index in [1.165, 1.54) is 0 Å². The zero-order valence-corrected chi connectivity index (χ0v) is 27.7. The highest BCUT2D eigenvalue weighted by molar-refractivity contribution is 5.89. The topological polar surface area (TPSA) is 43.4 Å². The Balaban J connectivity index is 0.00000137.